The lowest BCUT2D eigenvalue weighted by molar-refractivity contribution is 0.330. The Labute approximate surface area is 152 Å². The van der Waals surface area contributed by atoms with Crippen molar-refractivity contribution in [3.8, 4) is 11.5 Å². The first-order valence-corrected chi connectivity index (χ1v) is 14.6. The number of ether oxygens (including phenoxy) is 2. The summed E-state index contributed by atoms with van der Waals surface area (Å²) in [7, 11) is -3.99. The normalized spacial score (nSPS) is 12.0. The largest absolute Gasteiger partial charge is 0.494 e. The molecule has 136 valence electrons. The molecule has 0 amide bonds. The van der Waals surface area contributed by atoms with Crippen molar-refractivity contribution >= 4 is 28.0 Å². The standard InChI is InChI=1S/C18H28N2O3Si2/c1-24(2,13-21-17-9-5-7-15(19)11-17)23-25(3,4)14-22-18-10-6-8-16(20)12-18/h5-12H,13-14,19-20H2,1-4H3. The summed E-state index contributed by atoms with van der Waals surface area (Å²) in [5.74, 6) is 1.55. The van der Waals surface area contributed by atoms with E-state index in [1.165, 1.54) is 0 Å². The first kappa shape index (κ1) is 19.4. The van der Waals surface area contributed by atoms with Crippen molar-refractivity contribution in [2.75, 3.05) is 23.9 Å². The number of benzene rings is 2. The highest BCUT2D eigenvalue weighted by Crippen LogP contribution is 2.21. The zero-order valence-corrected chi connectivity index (χ0v) is 17.4. The van der Waals surface area contributed by atoms with E-state index in [9.17, 15) is 0 Å². The van der Waals surface area contributed by atoms with Gasteiger partial charge in [-0.1, -0.05) is 12.1 Å². The minimum Gasteiger partial charge on any atom is -0.494 e. The molecule has 0 fully saturated rings. The van der Waals surface area contributed by atoms with Gasteiger partial charge in [-0.05, 0) is 50.5 Å². The summed E-state index contributed by atoms with van der Waals surface area (Å²) in [6, 6.07) is 14.9. The van der Waals surface area contributed by atoms with Crippen LogP contribution in [0.5, 0.6) is 11.5 Å². The third kappa shape index (κ3) is 6.81. The highest BCUT2D eigenvalue weighted by Gasteiger charge is 2.34. The van der Waals surface area contributed by atoms with E-state index in [-0.39, 0.29) is 0 Å². The van der Waals surface area contributed by atoms with Crippen molar-refractivity contribution in [1.82, 2.24) is 0 Å². The molecule has 2 aromatic carbocycles. The van der Waals surface area contributed by atoms with Crippen molar-refractivity contribution in [1.29, 1.82) is 0 Å². The average Bonchev–Trinajstić information content (AvgIpc) is 2.51. The molecule has 2 aromatic rings. The fraction of sp³-hybridized carbons (Fsp3) is 0.333. The Bertz CT molecular complexity index is 649. The van der Waals surface area contributed by atoms with Crippen LogP contribution in [0.25, 0.3) is 0 Å². The minimum absolute atomic E-state index is 0.575. The summed E-state index contributed by atoms with van der Waals surface area (Å²) in [6.45, 7) is 8.65. The van der Waals surface area contributed by atoms with Crippen molar-refractivity contribution in [3.05, 3.63) is 48.5 Å². The summed E-state index contributed by atoms with van der Waals surface area (Å²) in [5, 5.41) is 0. The second-order valence-electron chi connectivity index (χ2n) is 7.34. The van der Waals surface area contributed by atoms with Crippen LogP contribution in [0.2, 0.25) is 26.2 Å². The molecule has 0 aliphatic heterocycles. The van der Waals surface area contributed by atoms with Crippen LogP contribution in [0.15, 0.2) is 48.5 Å². The highest BCUT2D eigenvalue weighted by molar-refractivity contribution is 6.84. The van der Waals surface area contributed by atoms with E-state index in [0.29, 0.717) is 23.8 Å². The molecular weight excluding hydrogens is 348 g/mol. The van der Waals surface area contributed by atoms with Gasteiger partial charge in [-0.2, -0.15) is 0 Å². The van der Waals surface area contributed by atoms with Gasteiger partial charge in [0.15, 0.2) is 0 Å². The van der Waals surface area contributed by atoms with Gasteiger partial charge in [-0.15, -0.1) is 0 Å². The van der Waals surface area contributed by atoms with Gasteiger partial charge in [-0.25, -0.2) is 0 Å². The lowest BCUT2D eigenvalue weighted by atomic mass is 10.3. The van der Waals surface area contributed by atoms with Gasteiger partial charge in [0.1, 0.15) is 24.0 Å². The predicted octanol–water partition coefficient (Wildman–Crippen LogP) is 3.81. The Balaban J connectivity index is 1.88. The Kier molecular flexibility index (Phi) is 6.15. The molecule has 0 radical (unpaired) electrons. The topological polar surface area (TPSA) is 79.7 Å². The molecule has 0 spiro atoms. The fourth-order valence-electron chi connectivity index (χ4n) is 2.53. The maximum absolute atomic E-state index is 6.49. The molecule has 4 N–H and O–H groups in total. The summed E-state index contributed by atoms with van der Waals surface area (Å²) < 4.78 is 18.3. The fourth-order valence-corrected chi connectivity index (χ4v) is 10.0. The molecule has 0 aliphatic carbocycles. The molecule has 0 aliphatic rings. The van der Waals surface area contributed by atoms with Crippen molar-refractivity contribution in [2.45, 2.75) is 26.2 Å². The van der Waals surface area contributed by atoms with E-state index < -0.39 is 16.6 Å². The average molecular weight is 377 g/mol. The third-order valence-electron chi connectivity index (χ3n) is 3.44. The molecule has 25 heavy (non-hydrogen) atoms. The molecule has 0 atom stereocenters. The highest BCUT2D eigenvalue weighted by atomic mass is 28.4. The van der Waals surface area contributed by atoms with Crippen molar-refractivity contribution in [3.63, 3.8) is 0 Å². The Morgan fingerprint density at radius 1 is 0.720 bits per heavy atom. The SMILES string of the molecule is C[Si](C)(COc1cccc(N)c1)O[Si](C)(C)COc1cccc(N)c1. The summed E-state index contributed by atoms with van der Waals surface area (Å²) in [5.41, 5.74) is 13.0. The quantitative estimate of drug-likeness (QED) is 0.541. The number of nitrogens with two attached hydrogens (primary N) is 2. The van der Waals surface area contributed by atoms with Gasteiger partial charge in [0.25, 0.3) is 0 Å². The minimum atomic E-state index is -1.99. The van der Waals surface area contributed by atoms with Crippen LogP contribution in [-0.2, 0) is 4.12 Å². The number of rotatable bonds is 8. The van der Waals surface area contributed by atoms with Crippen LogP contribution in [0.3, 0.4) is 0 Å². The van der Waals surface area contributed by atoms with E-state index in [1.54, 1.807) is 0 Å². The summed E-state index contributed by atoms with van der Waals surface area (Å²) in [4.78, 5) is 0. The van der Waals surface area contributed by atoms with E-state index in [4.69, 9.17) is 25.1 Å². The number of nitrogen functional groups attached to an aromatic ring is 2. The number of hydrogen-bond donors (Lipinski definition) is 2. The maximum Gasteiger partial charge on any atom is 0.213 e. The van der Waals surface area contributed by atoms with Crippen LogP contribution in [0, 0.1) is 0 Å². The second kappa shape index (κ2) is 7.94. The molecule has 0 heterocycles. The first-order valence-electron chi connectivity index (χ1n) is 8.32. The van der Waals surface area contributed by atoms with E-state index >= 15 is 0 Å². The number of anilines is 2. The van der Waals surface area contributed by atoms with Gasteiger partial charge < -0.3 is 25.1 Å². The van der Waals surface area contributed by atoms with Crippen molar-refractivity contribution in [2.24, 2.45) is 0 Å². The molecule has 0 aromatic heterocycles. The lowest BCUT2D eigenvalue weighted by Gasteiger charge is -2.33. The summed E-state index contributed by atoms with van der Waals surface area (Å²) >= 11 is 0. The van der Waals surface area contributed by atoms with Crippen LogP contribution < -0.4 is 20.9 Å². The molecule has 0 bridgehead atoms. The Morgan fingerprint density at radius 2 is 1.12 bits per heavy atom. The van der Waals surface area contributed by atoms with Crippen LogP contribution in [-0.4, -0.2) is 29.1 Å². The van der Waals surface area contributed by atoms with Gasteiger partial charge in [-0.3, -0.25) is 0 Å². The molecule has 5 nitrogen and oxygen atoms in total. The molecular formula is C18H28N2O3Si2. The van der Waals surface area contributed by atoms with Gasteiger partial charge in [0.05, 0.1) is 0 Å². The lowest BCUT2D eigenvalue weighted by Crippen LogP contribution is -2.51. The molecule has 0 unspecified atom stereocenters. The molecule has 2 rings (SSSR count). The summed E-state index contributed by atoms with van der Waals surface area (Å²) in [6.07, 6.45) is 1.15. The van der Waals surface area contributed by atoms with E-state index in [1.807, 2.05) is 48.5 Å². The molecule has 0 saturated heterocycles. The monoisotopic (exact) mass is 376 g/mol. The Morgan fingerprint density at radius 3 is 1.48 bits per heavy atom. The smallest absolute Gasteiger partial charge is 0.213 e. The first-order chi connectivity index (χ1) is 11.7. The van der Waals surface area contributed by atoms with E-state index in [0.717, 1.165) is 11.5 Å². The van der Waals surface area contributed by atoms with E-state index in [2.05, 4.69) is 26.2 Å². The van der Waals surface area contributed by atoms with Crippen LogP contribution in [0.4, 0.5) is 11.4 Å². The zero-order valence-electron chi connectivity index (χ0n) is 15.4. The van der Waals surface area contributed by atoms with Crippen LogP contribution >= 0.6 is 0 Å². The molecule has 0 saturated carbocycles. The predicted molar refractivity (Wildman–Crippen MR) is 109 cm³/mol. The van der Waals surface area contributed by atoms with Gasteiger partial charge in [0, 0.05) is 23.5 Å². The van der Waals surface area contributed by atoms with Gasteiger partial charge >= 0.3 is 0 Å². The second-order valence-corrected chi connectivity index (χ2v) is 15.8. The number of hydrogen-bond acceptors (Lipinski definition) is 5. The van der Waals surface area contributed by atoms with Crippen LogP contribution in [0.1, 0.15) is 0 Å². The van der Waals surface area contributed by atoms with Crippen molar-refractivity contribution < 1.29 is 13.6 Å². The zero-order chi connectivity index (χ0) is 18.5. The van der Waals surface area contributed by atoms with Gasteiger partial charge in [0.2, 0.25) is 16.6 Å². The third-order valence-corrected chi connectivity index (χ3v) is 9.54. The Hall–Kier alpha value is -1.97. The molecule has 7 heteroatoms. The maximum atomic E-state index is 6.49.